The molecule has 0 radical (unpaired) electrons. The Morgan fingerprint density at radius 3 is 2.18 bits per heavy atom. The Labute approximate surface area is 197 Å². The zero-order valence-corrected chi connectivity index (χ0v) is 18.7. The average Bonchev–Trinajstić information content (AvgIpc) is 2.84. The van der Waals surface area contributed by atoms with Crippen LogP contribution in [0.1, 0.15) is 11.1 Å². The van der Waals surface area contributed by atoms with E-state index in [2.05, 4.69) is 10.6 Å². The van der Waals surface area contributed by atoms with E-state index in [9.17, 15) is 4.79 Å². The third-order valence-corrected chi connectivity index (χ3v) is 5.54. The number of para-hydroxylation sites is 2. The molecule has 0 aliphatic heterocycles. The second-order valence-electron chi connectivity index (χ2n) is 8.18. The minimum Gasteiger partial charge on any atom is -0.444 e. The molecule has 0 bridgehead atoms. The number of rotatable bonds is 5. The number of fused-ring (bicyclic) bond motifs is 2. The number of anilines is 4. The van der Waals surface area contributed by atoms with Crippen LogP contribution in [-0.4, -0.2) is 11.1 Å². The number of nitrogens with one attached hydrogen (secondary N) is 2. The number of pyridine rings is 1. The number of aryl methyl sites for hydroxylation is 1. The molecule has 4 aromatic carbocycles. The van der Waals surface area contributed by atoms with Crippen molar-refractivity contribution in [1.29, 1.82) is 0 Å². The van der Waals surface area contributed by atoms with Crippen LogP contribution in [0.3, 0.4) is 0 Å². The molecule has 0 saturated heterocycles. The minimum atomic E-state index is -0.521. The van der Waals surface area contributed by atoms with E-state index in [-0.39, 0.29) is 6.61 Å². The maximum absolute atomic E-state index is 12.2. The van der Waals surface area contributed by atoms with Gasteiger partial charge in [-0.15, -0.1) is 0 Å². The van der Waals surface area contributed by atoms with Crippen molar-refractivity contribution in [3.8, 4) is 0 Å². The molecule has 4 N–H and O–H groups in total. The van der Waals surface area contributed by atoms with Crippen molar-refractivity contribution >= 4 is 50.6 Å². The molecule has 6 heteroatoms. The molecule has 0 atom stereocenters. The largest absolute Gasteiger partial charge is 0.444 e. The maximum Gasteiger partial charge on any atom is 0.411 e. The van der Waals surface area contributed by atoms with Crippen LogP contribution in [0.15, 0.2) is 91.0 Å². The Bertz CT molecular complexity index is 1440. The Hall–Kier alpha value is -4.58. The highest BCUT2D eigenvalue weighted by Gasteiger charge is 2.11. The molecule has 0 aliphatic carbocycles. The number of hydrogen-bond donors (Lipinski definition) is 3. The van der Waals surface area contributed by atoms with Gasteiger partial charge in [0.1, 0.15) is 6.61 Å². The first kappa shape index (κ1) is 21.3. The summed E-state index contributed by atoms with van der Waals surface area (Å²) < 4.78 is 5.42. The SMILES string of the molecule is Cc1ccc(NC(=O)OCc2cc(N)cc(Nc3c4ccccc4nc4ccccc34)c2)cc1. The van der Waals surface area contributed by atoms with Crippen molar-refractivity contribution in [2.75, 3.05) is 16.4 Å². The molecule has 0 saturated carbocycles. The summed E-state index contributed by atoms with van der Waals surface area (Å²) in [5, 5.41) is 8.29. The molecule has 0 fully saturated rings. The number of carbonyl (C=O) groups is 1. The zero-order valence-electron chi connectivity index (χ0n) is 18.7. The van der Waals surface area contributed by atoms with E-state index in [1.54, 1.807) is 6.07 Å². The van der Waals surface area contributed by atoms with Crippen molar-refractivity contribution in [3.05, 3.63) is 102 Å². The number of nitrogens with zero attached hydrogens (tertiary/aromatic N) is 1. The van der Waals surface area contributed by atoms with Gasteiger partial charge in [-0.3, -0.25) is 5.32 Å². The molecule has 6 nitrogen and oxygen atoms in total. The van der Waals surface area contributed by atoms with Gasteiger partial charge in [-0.2, -0.15) is 0 Å². The Kier molecular flexibility index (Phi) is 5.70. The topological polar surface area (TPSA) is 89.3 Å². The first-order valence-corrected chi connectivity index (χ1v) is 11.0. The van der Waals surface area contributed by atoms with Gasteiger partial charge < -0.3 is 15.8 Å². The minimum absolute atomic E-state index is 0.0925. The zero-order chi connectivity index (χ0) is 23.5. The third-order valence-electron chi connectivity index (χ3n) is 5.54. The highest BCUT2D eigenvalue weighted by molar-refractivity contribution is 6.08. The lowest BCUT2D eigenvalue weighted by molar-refractivity contribution is 0.155. The van der Waals surface area contributed by atoms with Crippen LogP contribution in [0.5, 0.6) is 0 Å². The molecular weight excluding hydrogens is 424 g/mol. The van der Waals surface area contributed by atoms with Crippen LogP contribution in [0.4, 0.5) is 27.5 Å². The van der Waals surface area contributed by atoms with Crippen LogP contribution < -0.4 is 16.4 Å². The van der Waals surface area contributed by atoms with Crippen LogP contribution >= 0.6 is 0 Å². The molecule has 0 aliphatic rings. The van der Waals surface area contributed by atoms with Crippen molar-refractivity contribution in [1.82, 2.24) is 4.98 Å². The highest BCUT2D eigenvalue weighted by Crippen LogP contribution is 2.33. The monoisotopic (exact) mass is 448 g/mol. The fourth-order valence-corrected chi connectivity index (χ4v) is 3.93. The molecule has 168 valence electrons. The molecule has 0 spiro atoms. The Morgan fingerprint density at radius 2 is 1.50 bits per heavy atom. The Balaban J connectivity index is 1.38. The number of nitrogen functional groups attached to an aromatic ring is 1. The van der Waals surface area contributed by atoms with Gasteiger partial charge in [-0.05, 0) is 55.0 Å². The van der Waals surface area contributed by atoms with E-state index in [1.165, 1.54) is 0 Å². The van der Waals surface area contributed by atoms with Crippen molar-refractivity contribution in [2.45, 2.75) is 13.5 Å². The van der Waals surface area contributed by atoms with Crippen molar-refractivity contribution < 1.29 is 9.53 Å². The standard InChI is InChI=1S/C28H24N4O2/c1-18-10-12-21(13-11-18)31-28(33)34-17-19-14-20(29)16-22(15-19)30-27-23-6-2-4-8-25(23)32-26-9-5-3-7-24(26)27/h2-16H,17,29H2,1H3,(H,30,32)(H,31,33). The van der Waals surface area contributed by atoms with Crippen LogP contribution in [0.2, 0.25) is 0 Å². The van der Waals surface area contributed by atoms with E-state index in [4.69, 9.17) is 15.5 Å². The normalized spacial score (nSPS) is 10.9. The number of carbonyl (C=O) groups excluding carboxylic acids is 1. The van der Waals surface area contributed by atoms with E-state index < -0.39 is 6.09 Å². The van der Waals surface area contributed by atoms with Gasteiger partial charge in [0.2, 0.25) is 0 Å². The number of aromatic nitrogens is 1. The van der Waals surface area contributed by atoms with Gasteiger partial charge in [0.05, 0.1) is 16.7 Å². The fourth-order valence-electron chi connectivity index (χ4n) is 3.93. The fraction of sp³-hybridized carbons (Fsp3) is 0.0714. The molecule has 5 rings (SSSR count). The van der Waals surface area contributed by atoms with E-state index in [0.29, 0.717) is 11.4 Å². The Morgan fingerprint density at radius 1 is 0.853 bits per heavy atom. The third kappa shape index (κ3) is 4.61. The highest BCUT2D eigenvalue weighted by atomic mass is 16.5. The molecule has 5 aromatic rings. The molecule has 1 heterocycles. The molecule has 34 heavy (non-hydrogen) atoms. The number of nitrogens with two attached hydrogens (primary N) is 1. The van der Waals surface area contributed by atoms with Gasteiger partial charge in [0.25, 0.3) is 0 Å². The van der Waals surface area contributed by atoms with Crippen molar-refractivity contribution in [2.24, 2.45) is 0 Å². The van der Waals surface area contributed by atoms with E-state index >= 15 is 0 Å². The molecule has 1 amide bonds. The summed E-state index contributed by atoms with van der Waals surface area (Å²) in [5.41, 5.74) is 12.9. The molecule has 0 unspecified atom stereocenters. The van der Waals surface area contributed by atoms with Crippen LogP contribution in [0, 0.1) is 6.92 Å². The number of benzene rings is 4. The van der Waals surface area contributed by atoms with E-state index in [1.807, 2.05) is 91.9 Å². The molecular formula is C28H24N4O2. The predicted molar refractivity (Wildman–Crippen MR) is 138 cm³/mol. The van der Waals surface area contributed by atoms with Crippen molar-refractivity contribution in [3.63, 3.8) is 0 Å². The summed E-state index contributed by atoms with van der Waals surface area (Å²) in [6.07, 6.45) is -0.521. The summed E-state index contributed by atoms with van der Waals surface area (Å²) in [6.45, 7) is 2.08. The summed E-state index contributed by atoms with van der Waals surface area (Å²) in [6, 6.07) is 29.1. The molecule has 1 aromatic heterocycles. The lowest BCUT2D eigenvalue weighted by Gasteiger charge is -2.15. The summed E-state index contributed by atoms with van der Waals surface area (Å²) >= 11 is 0. The summed E-state index contributed by atoms with van der Waals surface area (Å²) in [5.74, 6) is 0. The first-order chi connectivity index (χ1) is 16.5. The predicted octanol–water partition coefficient (Wildman–Crippen LogP) is 6.77. The average molecular weight is 449 g/mol. The van der Waals surface area contributed by atoms with Gasteiger partial charge in [0.15, 0.2) is 0 Å². The van der Waals surface area contributed by atoms with Crippen LogP contribution in [0.25, 0.3) is 21.8 Å². The van der Waals surface area contributed by atoms with Gasteiger partial charge in [0, 0.05) is 27.8 Å². The van der Waals surface area contributed by atoms with E-state index in [0.717, 1.165) is 44.3 Å². The quantitative estimate of drug-likeness (QED) is 0.204. The smallest absolute Gasteiger partial charge is 0.411 e. The van der Waals surface area contributed by atoms with Gasteiger partial charge in [-0.1, -0.05) is 54.1 Å². The summed E-state index contributed by atoms with van der Waals surface area (Å²) in [7, 11) is 0. The summed E-state index contributed by atoms with van der Waals surface area (Å²) in [4.78, 5) is 17.0. The lowest BCUT2D eigenvalue weighted by atomic mass is 10.1. The number of amides is 1. The van der Waals surface area contributed by atoms with Gasteiger partial charge in [-0.25, -0.2) is 9.78 Å². The van der Waals surface area contributed by atoms with Crippen LogP contribution in [-0.2, 0) is 11.3 Å². The lowest BCUT2D eigenvalue weighted by Crippen LogP contribution is -2.13. The first-order valence-electron chi connectivity index (χ1n) is 11.0. The number of hydrogen-bond acceptors (Lipinski definition) is 5. The maximum atomic E-state index is 12.2. The number of ether oxygens (including phenoxy) is 1. The second kappa shape index (κ2) is 9.11. The second-order valence-corrected chi connectivity index (χ2v) is 8.18. The van der Waals surface area contributed by atoms with Gasteiger partial charge >= 0.3 is 6.09 Å².